The Balaban J connectivity index is 1.94. The molecule has 0 aromatic carbocycles. The Morgan fingerprint density at radius 3 is 2.85 bits per heavy atom. The van der Waals surface area contributed by atoms with Crippen molar-refractivity contribution in [1.82, 2.24) is 14.3 Å². The highest BCUT2D eigenvalue weighted by Crippen LogP contribution is 2.21. The second kappa shape index (κ2) is 6.84. The standard InChI is InChI=1S/C12H23N3O4S/c1-2-19-12(16)11-6-4-8-15(11)20(17,18)14-9-10-5-3-7-13-10/h10-11,13-14H,2-9H2,1H3. The molecule has 2 atom stereocenters. The van der Waals surface area contributed by atoms with Gasteiger partial charge in [-0.1, -0.05) is 0 Å². The van der Waals surface area contributed by atoms with Crippen LogP contribution in [0.4, 0.5) is 0 Å². The monoisotopic (exact) mass is 305 g/mol. The van der Waals surface area contributed by atoms with E-state index in [4.69, 9.17) is 4.74 Å². The molecule has 0 spiro atoms. The molecule has 0 saturated carbocycles. The molecule has 0 radical (unpaired) electrons. The maximum absolute atomic E-state index is 12.3. The number of carbonyl (C=O) groups excluding carboxylic acids is 1. The predicted octanol–water partition coefficient (Wildman–Crippen LogP) is -0.400. The van der Waals surface area contributed by atoms with E-state index < -0.39 is 22.2 Å². The van der Waals surface area contributed by atoms with Gasteiger partial charge in [-0.15, -0.1) is 0 Å². The summed E-state index contributed by atoms with van der Waals surface area (Å²) >= 11 is 0. The first-order chi connectivity index (χ1) is 9.54. The van der Waals surface area contributed by atoms with Crippen molar-refractivity contribution >= 4 is 16.2 Å². The maximum Gasteiger partial charge on any atom is 0.324 e. The van der Waals surface area contributed by atoms with Crippen LogP contribution in [0.2, 0.25) is 0 Å². The van der Waals surface area contributed by atoms with E-state index in [1.165, 1.54) is 4.31 Å². The molecule has 0 amide bonds. The van der Waals surface area contributed by atoms with Crippen LogP contribution in [0.25, 0.3) is 0 Å². The first kappa shape index (κ1) is 15.7. The van der Waals surface area contributed by atoms with E-state index in [-0.39, 0.29) is 12.6 Å². The molecule has 7 nitrogen and oxygen atoms in total. The van der Waals surface area contributed by atoms with Crippen molar-refractivity contribution < 1.29 is 17.9 Å². The molecule has 2 fully saturated rings. The van der Waals surface area contributed by atoms with Crippen molar-refractivity contribution in [2.24, 2.45) is 0 Å². The molecule has 116 valence electrons. The second-order valence-corrected chi connectivity index (χ2v) is 6.88. The quantitative estimate of drug-likeness (QED) is 0.652. The molecule has 2 saturated heterocycles. The zero-order valence-corrected chi connectivity index (χ0v) is 12.6. The van der Waals surface area contributed by atoms with Crippen molar-refractivity contribution in [2.75, 3.05) is 26.2 Å². The molecule has 0 aromatic rings. The first-order valence-electron chi connectivity index (χ1n) is 7.21. The van der Waals surface area contributed by atoms with Gasteiger partial charge in [0.05, 0.1) is 6.61 Å². The van der Waals surface area contributed by atoms with Crippen molar-refractivity contribution in [2.45, 2.75) is 44.7 Å². The lowest BCUT2D eigenvalue weighted by Crippen LogP contribution is -2.49. The summed E-state index contributed by atoms with van der Waals surface area (Å²) in [4.78, 5) is 11.8. The summed E-state index contributed by atoms with van der Waals surface area (Å²) in [6.07, 6.45) is 3.26. The van der Waals surface area contributed by atoms with E-state index in [0.717, 1.165) is 19.4 Å². The average molecular weight is 305 g/mol. The van der Waals surface area contributed by atoms with Gasteiger partial charge in [-0.3, -0.25) is 4.79 Å². The molecule has 2 aliphatic heterocycles. The molecule has 2 rings (SSSR count). The molecule has 2 heterocycles. The van der Waals surface area contributed by atoms with E-state index in [0.29, 0.717) is 25.9 Å². The molecule has 2 aliphatic rings. The van der Waals surface area contributed by atoms with Crippen LogP contribution in [-0.2, 0) is 19.7 Å². The van der Waals surface area contributed by atoms with Gasteiger partial charge in [0.1, 0.15) is 6.04 Å². The zero-order valence-electron chi connectivity index (χ0n) is 11.8. The SMILES string of the molecule is CCOC(=O)C1CCCN1S(=O)(=O)NCC1CCCN1. The maximum atomic E-state index is 12.3. The summed E-state index contributed by atoms with van der Waals surface area (Å²) in [5.74, 6) is -0.450. The summed E-state index contributed by atoms with van der Waals surface area (Å²) < 4.78 is 33.4. The van der Waals surface area contributed by atoms with Crippen molar-refractivity contribution in [3.63, 3.8) is 0 Å². The summed E-state index contributed by atoms with van der Waals surface area (Å²) in [5, 5.41) is 3.24. The van der Waals surface area contributed by atoms with Gasteiger partial charge in [0.25, 0.3) is 10.2 Å². The number of hydrogen-bond acceptors (Lipinski definition) is 5. The number of nitrogens with one attached hydrogen (secondary N) is 2. The third-order valence-corrected chi connectivity index (χ3v) is 5.33. The summed E-state index contributed by atoms with van der Waals surface area (Å²) in [5.41, 5.74) is 0. The summed E-state index contributed by atoms with van der Waals surface area (Å²) in [7, 11) is -3.62. The number of carbonyl (C=O) groups is 1. The van der Waals surface area contributed by atoms with Gasteiger partial charge in [-0.2, -0.15) is 12.7 Å². The van der Waals surface area contributed by atoms with E-state index in [2.05, 4.69) is 10.0 Å². The van der Waals surface area contributed by atoms with Crippen LogP contribution in [0, 0.1) is 0 Å². The van der Waals surface area contributed by atoms with Crippen molar-refractivity contribution in [3.8, 4) is 0 Å². The van der Waals surface area contributed by atoms with Crippen molar-refractivity contribution in [3.05, 3.63) is 0 Å². The minimum atomic E-state index is -3.62. The van der Waals surface area contributed by atoms with Gasteiger partial charge in [-0.05, 0) is 39.2 Å². The number of esters is 1. The second-order valence-electron chi connectivity index (χ2n) is 5.17. The highest BCUT2D eigenvalue weighted by molar-refractivity contribution is 7.87. The smallest absolute Gasteiger partial charge is 0.324 e. The summed E-state index contributed by atoms with van der Waals surface area (Å²) in [6.45, 7) is 3.66. The normalized spacial score (nSPS) is 27.9. The topological polar surface area (TPSA) is 87.7 Å². The van der Waals surface area contributed by atoms with E-state index >= 15 is 0 Å². The lowest BCUT2D eigenvalue weighted by atomic mass is 10.2. The van der Waals surface area contributed by atoms with Crippen molar-refractivity contribution in [1.29, 1.82) is 0 Å². The van der Waals surface area contributed by atoms with Gasteiger partial charge in [0.15, 0.2) is 0 Å². The van der Waals surface area contributed by atoms with Crippen LogP contribution in [0.5, 0.6) is 0 Å². The fraction of sp³-hybridized carbons (Fsp3) is 0.917. The molecular weight excluding hydrogens is 282 g/mol. The molecule has 20 heavy (non-hydrogen) atoms. The summed E-state index contributed by atoms with van der Waals surface area (Å²) in [6, 6.07) is -0.489. The average Bonchev–Trinajstić information content (AvgIpc) is 3.08. The lowest BCUT2D eigenvalue weighted by molar-refractivity contribution is -0.146. The minimum absolute atomic E-state index is 0.188. The highest BCUT2D eigenvalue weighted by Gasteiger charge is 2.39. The third-order valence-electron chi connectivity index (χ3n) is 3.75. The molecule has 0 bridgehead atoms. The Hall–Kier alpha value is -0.700. The first-order valence-corrected chi connectivity index (χ1v) is 8.65. The molecule has 2 N–H and O–H groups in total. The number of nitrogens with zero attached hydrogens (tertiary/aromatic N) is 1. The van der Waals surface area contributed by atoms with Crippen LogP contribution >= 0.6 is 0 Å². The Morgan fingerprint density at radius 1 is 1.40 bits per heavy atom. The van der Waals surface area contributed by atoms with Crippen LogP contribution in [0.15, 0.2) is 0 Å². The van der Waals surface area contributed by atoms with E-state index in [9.17, 15) is 13.2 Å². The Labute approximate surface area is 120 Å². The van der Waals surface area contributed by atoms with Gasteiger partial charge in [0, 0.05) is 19.1 Å². The largest absolute Gasteiger partial charge is 0.465 e. The number of hydrogen-bond donors (Lipinski definition) is 2. The van der Waals surface area contributed by atoms with Gasteiger partial charge in [-0.25, -0.2) is 4.72 Å². The molecule has 8 heteroatoms. The van der Waals surface area contributed by atoms with Crippen LogP contribution in [0.1, 0.15) is 32.6 Å². The molecular formula is C12H23N3O4S. The number of rotatable bonds is 6. The number of ether oxygens (including phenoxy) is 1. The molecule has 0 aliphatic carbocycles. The van der Waals surface area contributed by atoms with Crippen LogP contribution in [-0.4, -0.2) is 57.0 Å². The Morgan fingerprint density at radius 2 is 2.20 bits per heavy atom. The fourth-order valence-corrected chi connectivity index (χ4v) is 4.20. The minimum Gasteiger partial charge on any atom is -0.465 e. The molecule has 2 unspecified atom stereocenters. The highest BCUT2D eigenvalue weighted by atomic mass is 32.2. The van der Waals surface area contributed by atoms with E-state index in [1.54, 1.807) is 6.92 Å². The van der Waals surface area contributed by atoms with Crippen LogP contribution < -0.4 is 10.0 Å². The Bertz CT molecular complexity index is 434. The predicted molar refractivity (Wildman–Crippen MR) is 74.3 cm³/mol. The zero-order chi connectivity index (χ0) is 14.6. The van der Waals surface area contributed by atoms with Gasteiger partial charge in [0.2, 0.25) is 0 Å². The van der Waals surface area contributed by atoms with E-state index in [1.807, 2.05) is 0 Å². The van der Waals surface area contributed by atoms with Gasteiger partial charge < -0.3 is 10.1 Å². The molecule has 0 aromatic heterocycles. The third kappa shape index (κ3) is 3.69. The van der Waals surface area contributed by atoms with Crippen LogP contribution in [0.3, 0.4) is 0 Å². The lowest BCUT2D eigenvalue weighted by Gasteiger charge is -2.23. The van der Waals surface area contributed by atoms with Gasteiger partial charge >= 0.3 is 5.97 Å². The fourth-order valence-electron chi connectivity index (χ4n) is 2.72. The Kier molecular flexibility index (Phi) is 5.36.